The van der Waals surface area contributed by atoms with Crippen LogP contribution in [0.2, 0.25) is 0 Å². The van der Waals surface area contributed by atoms with Gasteiger partial charge in [0.05, 0.1) is 16.4 Å². The fourth-order valence-electron chi connectivity index (χ4n) is 1.69. The molecule has 0 spiro atoms. The van der Waals surface area contributed by atoms with Crippen molar-refractivity contribution in [2.75, 3.05) is 5.43 Å². The number of benzene rings is 1. The highest BCUT2D eigenvalue weighted by Gasteiger charge is 2.02. The van der Waals surface area contributed by atoms with Gasteiger partial charge >= 0.3 is 0 Å². The average molecular weight is 268 g/mol. The van der Waals surface area contributed by atoms with Crippen molar-refractivity contribution < 1.29 is 0 Å². The Bertz CT molecular complexity index is 719. The lowest BCUT2D eigenvalue weighted by molar-refractivity contribution is 1.29. The molecule has 0 aliphatic heterocycles. The van der Waals surface area contributed by atoms with E-state index in [0.29, 0.717) is 0 Å². The van der Waals surface area contributed by atoms with Crippen molar-refractivity contribution in [3.8, 4) is 0 Å². The minimum absolute atomic E-state index is 0.792. The first-order valence-corrected chi connectivity index (χ1v) is 6.69. The van der Waals surface area contributed by atoms with Gasteiger partial charge in [-0.1, -0.05) is 23.5 Å². The Labute approximate surface area is 114 Å². The van der Waals surface area contributed by atoms with Crippen LogP contribution in [0.1, 0.15) is 11.1 Å². The summed E-state index contributed by atoms with van der Waals surface area (Å²) < 4.78 is 1.17. The molecule has 3 rings (SSSR count). The van der Waals surface area contributed by atoms with Crippen LogP contribution in [0, 0.1) is 6.92 Å². The molecule has 0 bridgehead atoms. The summed E-state index contributed by atoms with van der Waals surface area (Å²) in [7, 11) is 0. The average Bonchev–Trinajstić information content (AvgIpc) is 2.82. The molecule has 0 saturated carbocycles. The number of hydrogen-bond acceptors (Lipinski definition) is 5. The zero-order valence-corrected chi connectivity index (χ0v) is 11.2. The zero-order chi connectivity index (χ0) is 13.1. The van der Waals surface area contributed by atoms with Crippen LogP contribution >= 0.6 is 11.3 Å². The second-order valence-corrected chi connectivity index (χ2v) is 5.18. The van der Waals surface area contributed by atoms with Crippen molar-refractivity contribution in [2.45, 2.75) is 6.92 Å². The molecule has 2 heterocycles. The summed E-state index contributed by atoms with van der Waals surface area (Å²) in [6, 6.07) is 10.0. The molecule has 19 heavy (non-hydrogen) atoms. The Morgan fingerprint density at radius 2 is 2.26 bits per heavy atom. The third-order valence-corrected chi connectivity index (χ3v) is 3.52. The van der Waals surface area contributed by atoms with E-state index in [0.717, 1.165) is 16.2 Å². The summed E-state index contributed by atoms with van der Waals surface area (Å²) in [6.07, 6.45) is 5.22. The predicted octanol–water partition coefficient (Wildman–Crippen LogP) is 3.45. The number of aryl methyl sites for hydroxylation is 1. The lowest BCUT2D eigenvalue weighted by atomic mass is 10.2. The van der Waals surface area contributed by atoms with Crippen LogP contribution in [-0.4, -0.2) is 16.2 Å². The van der Waals surface area contributed by atoms with Gasteiger partial charge in [0.25, 0.3) is 0 Å². The molecule has 0 atom stereocenters. The number of thiazole rings is 1. The molecular weight excluding hydrogens is 256 g/mol. The number of pyridine rings is 1. The monoisotopic (exact) mass is 268 g/mol. The number of anilines is 1. The molecule has 0 saturated heterocycles. The predicted molar refractivity (Wildman–Crippen MR) is 79.8 cm³/mol. The number of nitrogens with one attached hydrogen (secondary N) is 1. The third kappa shape index (κ3) is 2.77. The Morgan fingerprint density at radius 1 is 1.32 bits per heavy atom. The highest BCUT2D eigenvalue weighted by molar-refractivity contribution is 7.22. The van der Waals surface area contributed by atoms with Crippen LogP contribution in [0.5, 0.6) is 0 Å². The molecule has 2 aromatic heterocycles. The van der Waals surface area contributed by atoms with Crippen molar-refractivity contribution in [3.05, 3.63) is 53.9 Å². The van der Waals surface area contributed by atoms with E-state index in [-0.39, 0.29) is 0 Å². The van der Waals surface area contributed by atoms with Crippen LogP contribution in [0.15, 0.2) is 47.8 Å². The molecule has 1 N–H and O–H groups in total. The molecule has 4 nitrogen and oxygen atoms in total. The molecule has 0 aliphatic carbocycles. The fourth-order valence-corrected chi connectivity index (χ4v) is 2.61. The summed E-state index contributed by atoms with van der Waals surface area (Å²) in [5.41, 5.74) is 6.13. The molecule has 0 aliphatic rings. The number of hydrogen-bond donors (Lipinski definition) is 1. The molecule has 1 aromatic carbocycles. The largest absolute Gasteiger partial charge is 0.264 e. The van der Waals surface area contributed by atoms with Crippen molar-refractivity contribution >= 4 is 32.9 Å². The maximum atomic E-state index is 4.46. The summed E-state index contributed by atoms with van der Waals surface area (Å²) in [4.78, 5) is 8.49. The first-order chi connectivity index (χ1) is 9.31. The van der Waals surface area contributed by atoms with Crippen LogP contribution in [0.3, 0.4) is 0 Å². The summed E-state index contributed by atoms with van der Waals surface area (Å²) in [5, 5.41) is 4.95. The molecule has 0 radical (unpaired) electrons. The van der Waals surface area contributed by atoms with Crippen LogP contribution in [-0.2, 0) is 0 Å². The van der Waals surface area contributed by atoms with E-state index >= 15 is 0 Å². The van der Waals surface area contributed by atoms with Gasteiger partial charge in [-0.2, -0.15) is 5.10 Å². The molecule has 0 fully saturated rings. The zero-order valence-electron chi connectivity index (χ0n) is 10.4. The topological polar surface area (TPSA) is 50.2 Å². The lowest BCUT2D eigenvalue weighted by Crippen LogP contribution is -1.89. The van der Waals surface area contributed by atoms with Gasteiger partial charge in [-0.15, -0.1) is 0 Å². The minimum Gasteiger partial charge on any atom is -0.264 e. The van der Waals surface area contributed by atoms with Gasteiger partial charge < -0.3 is 0 Å². The first-order valence-electron chi connectivity index (χ1n) is 5.87. The van der Waals surface area contributed by atoms with E-state index < -0.39 is 0 Å². The molecular formula is C14H12N4S. The normalized spacial score (nSPS) is 11.2. The summed E-state index contributed by atoms with van der Waals surface area (Å²) >= 11 is 1.59. The van der Waals surface area contributed by atoms with Crippen LogP contribution in [0.4, 0.5) is 5.13 Å². The number of hydrazone groups is 1. The quantitative estimate of drug-likeness (QED) is 0.584. The number of nitrogens with zero attached hydrogens (tertiary/aromatic N) is 3. The second kappa shape index (κ2) is 5.16. The first kappa shape index (κ1) is 11.8. The van der Waals surface area contributed by atoms with Crippen molar-refractivity contribution in [2.24, 2.45) is 5.10 Å². The standard InChI is InChI=1S/C14H12N4S/c1-10-4-5-12-13(7-10)19-14(17-12)18-16-9-11-3-2-6-15-8-11/h2-9H,1H3,(H,17,18)/b16-9-. The van der Waals surface area contributed by atoms with E-state index in [9.17, 15) is 0 Å². The highest BCUT2D eigenvalue weighted by Crippen LogP contribution is 2.26. The minimum atomic E-state index is 0.792. The number of rotatable bonds is 3. The maximum Gasteiger partial charge on any atom is 0.204 e. The smallest absolute Gasteiger partial charge is 0.204 e. The Kier molecular flexibility index (Phi) is 3.20. The van der Waals surface area contributed by atoms with Gasteiger partial charge in [-0.05, 0) is 30.7 Å². The van der Waals surface area contributed by atoms with E-state index in [4.69, 9.17) is 0 Å². The Morgan fingerprint density at radius 3 is 3.11 bits per heavy atom. The van der Waals surface area contributed by atoms with Crippen molar-refractivity contribution in [3.63, 3.8) is 0 Å². The van der Waals surface area contributed by atoms with Gasteiger partial charge in [0, 0.05) is 18.0 Å². The van der Waals surface area contributed by atoms with E-state index in [1.807, 2.05) is 18.2 Å². The van der Waals surface area contributed by atoms with E-state index in [1.54, 1.807) is 29.9 Å². The number of aromatic nitrogens is 2. The van der Waals surface area contributed by atoms with E-state index in [1.165, 1.54) is 10.3 Å². The lowest BCUT2D eigenvalue weighted by Gasteiger charge is -1.92. The molecule has 5 heteroatoms. The number of fused-ring (bicyclic) bond motifs is 1. The van der Waals surface area contributed by atoms with Crippen LogP contribution < -0.4 is 5.43 Å². The third-order valence-electron chi connectivity index (χ3n) is 2.60. The highest BCUT2D eigenvalue weighted by atomic mass is 32.1. The van der Waals surface area contributed by atoms with Gasteiger partial charge in [-0.25, -0.2) is 4.98 Å². The van der Waals surface area contributed by atoms with Crippen molar-refractivity contribution in [1.82, 2.24) is 9.97 Å². The molecule has 94 valence electrons. The van der Waals surface area contributed by atoms with Gasteiger partial charge in [0.2, 0.25) is 5.13 Å². The van der Waals surface area contributed by atoms with Gasteiger partial charge in [0.1, 0.15) is 0 Å². The summed E-state index contributed by atoms with van der Waals surface area (Å²) in [6.45, 7) is 2.08. The fraction of sp³-hybridized carbons (Fsp3) is 0.0714. The SMILES string of the molecule is Cc1ccc2nc(N/N=C\c3cccnc3)sc2c1. The summed E-state index contributed by atoms with van der Waals surface area (Å²) in [5.74, 6) is 0. The Hall–Kier alpha value is -2.27. The van der Waals surface area contributed by atoms with Gasteiger partial charge in [-0.3, -0.25) is 10.4 Å². The molecule has 0 unspecified atom stereocenters. The maximum absolute atomic E-state index is 4.46. The molecule has 3 aromatic rings. The van der Waals surface area contributed by atoms with Gasteiger partial charge in [0.15, 0.2) is 0 Å². The Balaban J connectivity index is 1.77. The van der Waals surface area contributed by atoms with Crippen LogP contribution in [0.25, 0.3) is 10.2 Å². The second-order valence-electron chi connectivity index (χ2n) is 4.15. The molecule has 0 amide bonds. The van der Waals surface area contributed by atoms with E-state index in [2.05, 4.69) is 39.6 Å². The van der Waals surface area contributed by atoms with Crippen molar-refractivity contribution in [1.29, 1.82) is 0 Å².